The molecule has 1 aromatic heterocycles. The summed E-state index contributed by atoms with van der Waals surface area (Å²) in [6.45, 7) is 19.0. The van der Waals surface area contributed by atoms with Crippen LogP contribution in [0, 0.1) is 11.8 Å². The molecule has 10 nitrogen and oxygen atoms in total. The van der Waals surface area contributed by atoms with Gasteiger partial charge >= 0.3 is 19.2 Å². The third kappa shape index (κ3) is 7.82. The SMILES string of the molecule is CC(C)[C@@H](NC(=O)OC(C)(C)C)C(=O)N1CCC[C@H](CCOc2ncc(B3OC(C)(C)C(C)(C)O3)cn2)C1. The van der Waals surface area contributed by atoms with E-state index in [2.05, 4.69) is 15.3 Å². The second-order valence-corrected chi connectivity index (χ2v) is 12.7. The maximum atomic E-state index is 13.3. The van der Waals surface area contributed by atoms with Crippen LogP contribution in [0.1, 0.15) is 81.6 Å². The maximum Gasteiger partial charge on any atom is 0.498 e. The summed E-state index contributed by atoms with van der Waals surface area (Å²) in [7, 11) is -0.515. The molecule has 3 rings (SSSR count). The first-order chi connectivity index (χ1) is 17.6. The van der Waals surface area contributed by atoms with Crippen molar-refractivity contribution in [3.63, 3.8) is 0 Å². The highest BCUT2D eigenvalue weighted by Gasteiger charge is 2.52. The summed E-state index contributed by atoms with van der Waals surface area (Å²) >= 11 is 0. The van der Waals surface area contributed by atoms with E-state index in [-0.39, 0.29) is 11.8 Å². The van der Waals surface area contributed by atoms with Gasteiger partial charge in [0.15, 0.2) is 0 Å². The van der Waals surface area contributed by atoms with Crippen molar-refractivity contribution in [2.45, 2.75) is 104 Å². The van der Waals surface area contributed by atoms with Crippen LogP contribution in [-0.2, 0) is 18.8 Å². The Morgan fingerprint density at radius 2 is 1.76 bits per heavy atom. The number of ether oxygens (including phenoxy) is 2. The lowest BCUT2D eigenvalue weighted by atomic mass is 9.81. The van der Waals surface area contributed by atoms with E-state index in [1.807, 2.05) is 46.4 Å². The number of rotatable bonds is 8. The molecule has 0 unspecified atom stereocenters. The third-order valence-corrected chi connectivity index (χ3v) is 7.37. The Kier molecular flexibility index (Phi) is 9.34. The van der Waals surface area contributed by atoms with Crippen molar-refractivity contribution in [2.75, 3.05) is 19.7 Å². The second kappa shape index (κ2) is 11.8. The molecular weight excluding hydrogens is 487 g/mol. The van der Waals surface area contributed by atoms with E-state index in [4.69, 9.17) is 18.8 Å². The van der Waals surface area contributed by atoms with Crippen molar-refractivity contribution in [2.24, 2.45) is 11.8 Å². The Balaban J connectivity index is 1.48. The van der Waals surface area contributed by atoms with Crippen LogP contribution >= 0.6 is 0 Å². The van der Waals surface area contributed by atoms with Crippen LogP contribution in [0.25, 0.3) is 0 Å². The molecule has 2 fully saturated rings. The standard InChI is InChI=1S/C27H45BN4O6/c1-18(2)21(31-24(34)36-25(3,4)5)22(33)32-13-10-11-19(17-32)12-14-35-23-29-15-20(16-30-23)28-37-26(6,7)27(8,9)38-28/h15-16,18-19,21H,10-14,17H2,1-9H3,(H,31,34)/t19-,21-/m1/s1. The van der Waals surface area contributed by atoms with Gasteiger partial charge in [-0.05, 0) is 79.6 Å². The molecule has 2 aliphatic heterocycles. The number of piperidine rings is 1. The second-order valence-electron chi connectivity index (χ2n) is 12.7. The van der Waals surface area contributed by atoms with E-state index >= 15 is 0 Å². The zero-order chi connectivity index (χ0) is 28.3. The van der Waals surface area contributed by atoms with Gasteiger partial charge in [-0.25, -0.2) is 14.8 Å². The molecule has 2 atom stereocenters. The Hall–Kier alpha value is -2.40. The first-order valence-electron chi connectivity index (χ1n) is 13.7. The van der Waals surface area contributed by atoms with Crippen LogP contribution in [0.3, 0.4) is 0 Å². The van der Waals surface area contributed by atoms with Crippen LogP contribution in [0.2, 0.25) is 0 Å². The minimum atomic E-state index is -0.629. The zero-order valence-corrected chi connectivity index (χ0v) is 24.5. The zero-order valence-electron chi connectivity index (χ0n) is 24.5. The topological polar surface area (TPSA) is 112 Å². The lowest BCUT2D eigenvalue weighted by Crippen LogP contribution is -2.54. The summed E-state index contributed by atoms with van der Waals surface area (Å²) in [4.78, 5) is 36.1. The van der Waals surface area contributed by atoms with Crippen LogP contribution in [-0.4, -0.2) is 76.5 Å². The fraction of sp³-hybridized carbons (Fsp3) is 0.778. The minimum Gasteiger partial charge on any atom is -0.463 e. The fourth-order valence-electron chi connectivity index (χ4n) is 4.46. The van der Waals surface area contributed by atoms with Gasteiger partial charge in [0.2, 0.25) is 5.91 Å². The number of nitrogens with one attached hydrogen (secondary N) is 1. The molecule has 11 heteroatoms. The molecule has 0 bridgehead atoms. The maximum absolute atomic E-state index is 13.3. The van der Waals surface area contributed by atoms with Gasteiger partial charge in [0.1, 0.15) is 11.6 Å². The van der Waals surface area contributed by atoms with Gasteiger partial charge in [-0.15, -0.1) is 0 Å². The number of hydrogen-bond donors (Lipinski definition) is 1. The molecule has 38 heavy (non-hydrogen) atoms. The monoisotopic (exact) mass is 532 g/mol. The molecule has 2 aliphatic rings. The van der Waals surface area contributed by atoms with E-state index in [0.717, 1.165) is 24.7 Å². The molecule has 1 aromatic rings. The molecule has 2 amide bonds. The highest BCUT2D eigenvalue weighted by atomic mass is 16.7. The lowest BCUT2D eigenvalue weighted by molar-refractivity contribution is -0.136. The van der Waals surface area contributed by atoms with E-state index in [1.165, 1.54) is 0 Å². The number of aromatic nitrogens is 2. The highest BCUT2D eigenvalue weighted by molar-refractivity contribution is 6.61. The molecule has 1 N–H and O–H groups in total. The smallest absolute Gasteiger partial charge is 0.463 e. The summed E-state index contributed by atoms with van der Waals surface area (Å²) in [6.07, 6.45) is 5.48. The van der Waals surface area contributed by atoms with Gasteiger partial charge in [-0.1, -0.05) is 13.8 Å². The van der Waals surface area contributed by atoms with Gasteiger partial charge in [0.05, 0.1) is 17.8 Å². The van der Waals surface area contributed by atoms with Gasteiger partial charge in [0.25, 0.3) is 0 Å². The van der Waals surface area contributed by atoms with Crippen molar-refractivity contribution >= 4 is 24.6 Å². The quantitative estimate of drug-likeness (QED) is 0.508. The van der Waals surface area contributed by atoms with Crippen molar-refractivity contribution in [3.8, 4) is 6.01 Å². The molecule has 0 radical (unpaired) electrons. The number of nitrogens with zero attached hydrogens (tertiary/aromatic N) is 3. The number of amides is 2. The Bertz CT molecular complexity index is 947. The Labute approximate surface area is 227 Å². The number of carbonyl (C=O) groups is 2. The van der Waals surface area contributed by atoms with E-state index in [0.29, 0.717) is 31.6 Å². The highest BCUT2D eigenvalue weighted by Crippen LogP contribution is 2.36. The first kappa shape index (κ1) is 30.2. The average molecular weight is 532 g/mol. The van der Waals surface area contributed by atoms with Gasteiger partial charge in [-0.3, -0.25) is 4.79 Å². The van der Waals surface area contributed by atoms with E-state index in [9.17, 15) is 9.59 Å². The summed E-state index contributed by atoms with van der Waals surface area (Å²) in [6, 6.07) is -0.328. The van der Waals surface area contributed by atoms with Crippen LogP contribution in [0.5, 0.6) is 6.01 Å². The van der Waals surface area contributed by atoms with Crippen LogP contribution < -0.4 is 15.5 Å². The molecule has 212 valence electrons. The number of carbonyl (C=O) groups excluding carboxylic acids is 2. The van der Waals surface area contributed by atoms with Crippen molar-refractivity contribution in [1.29, 1.82) is 0 Å². The first-order valence-corrected chi connectivity index (χ1v) is 13.7. The Morgan fingerprint density at radius 3 is 2.32 bits per heavy atom. The average Bonchev–Trinajstić information content (AvgIpc) is 3.03. The molecule has 0 aromatic carbocycles. The predicted octanol–water partition coefficient (Wildman–Crippen LogP) is 3.33. The van der Waals surface area contributed by atoms with Crippen molar-refractivity contribution in [1.82, 2.24) is 20.2 Å². The van der Waals surface area contributed by atoms with Gasteiger partial charge in [0, 0.05) is 30.9 Å². The van der Waals surface area contributed by atoms with Crippen LogP contribution in [0.4, 0.5) is 4.79 Å². The number of alkyl carbamates (subject to hydrolysis) is 1. The fourth-order valence-corrected chi connectivity index (χ4v) is 4.46. The normalized spacial score (nSPS) is 21.8. The predicted molar refractivity (Wildman–Crippen MR) is 145 cm³/mol. The van der Waals surface area contributed by atoms with E-state index in [1.54, 1.807) is 33.2 Å². The van der Waals surface area contributed by atoms with Crippen LogP contribution in [0.15, 0.2) is 12.4 Å². The van der Waals surface area contributed by atoms with Gasteiger partial charge in [-0.2, -0.15) is 0 Å². The third-order valence-electron chi connectivity index (χ3n) is 7.37. The Morgan fingerprint density at radius 1 is 1.16 bits per heavy atom. The molecule has 3 heterocycles. The molecular formula is C27H45BN4O6. The summed E-state index contributed by atoms with van der Waals surface area (Å²) < 4.78 is 23.3. The summed E-state index contributed by atoms with van der Waals surface area (Å²) in [5, 5.41) is 2.77. The lowest BCUT2D eigenvalue weighted by Gasteiger charge is -2.36. The largest absolute Gasteiger partial charge is 0.498 e. The minimum absolute atomic E-state index is 0.0592. The van der Waals surface area contributed by atoms with E-state index < -0.39 is 36.1 Å². The van der Waals surface area contributed by atoms with Crippen molar-refractivity contribution < 1.29 is 28.4 Å². The van der Waals surface area contributed by atoms with Crippen molar-refractivity contribution in [3.05, 3.63) is 12.4 Å². The number of likely N-dealkylation sites (tertiary alicyclic amines) is 1. The molecule has 0 spiro atoms. The molecule has 0 aliphatic carbocycles. The number of hydrogen-bond acceptors (Lipinski definition) is 8. The van der Waals surface area contributed by atoms with Gasteiger partial charge < -0.3 is 29.0 Å². The summed E-state index contributed by atoms with van der Waals surface area (Å²) in [5.41, 5.74) is -0.732. The molecule has 2 saturated heterocycles. The molecule has 0 saturated carbocycles. The summed E-state index contributed by atoms with van der Waals surface area (Å²) in [5.74, 6) is 0.167.